The second-order valence-corrected chi connectivity index (χ2v) is 11.5. The van der Waals surface area contributed by atoms with Gasteiger partial charge in [-0.05, 0) is 26.0 Å². The molecule has 3 heterocycles. The lowest BCUT2D eigenvalue weighted by atomic mass is 9.65. The molecule has 1 aromatic rings. The Morgan fingerprint density at radius 1 is 1.25 bits per heavy atom. The largest absolute Gasteiger partial charge is 0.379 e. The van der Waals surface area contributed by atoms with Gasteiger partial charge in [-0.15, -0.1) is 35.3 Å². The van der Waals surface area contributed by atoms with Crippen molar-refractivity contribution < 1.29 is 13.2 Å². The van der Waals surface area contributed by atoms with E-state index in [9.17, 15) is 8.42 Å². The van der Waals surface area contributed by atoms with Gasteiger partial charge in [0, 0.05) is 42.5 Å². The molecule has 2 fully saturated rings. The van der Waals surface area contributed by atoms with Gasteiger partial charge in [0.25, 0.3) is 10.0 Å². The smallest absolute Gasteiger partial charge is 0.252 e. The number of nitrogens with zero attached hydrogens (tertiary/aromatic N) is 3. The number of likely N-dealkylation sites (tertiary alicyclic amines) is 1. The highest BCUT2D eigenvalue weighted by molar-refractivity contribution is 14.0. The van der Waals surface area contributed by atoms with E-state index in [1.54, 1.807) is 13.1 Å². The van der Waals surface area contributed by atoms with Crippen molar-refractivity contribution in [3.05, 3.63) is 17.0 Å². The van der Waals surface area contributed by atoms with Gasteiger partial charge in [-0.3, -0.25) is 4.99 Å². The molecule has 10 heteroatoms. The topological polar surface area (TPSA) is 74.2 Å². The molecule has 1 N–H and O–H groups in total. The van der Waals surface area contributed by atoms with E-state index in [0.29, 0.717) is 37.1 Å². The molecule has 0 aromatic carbocycles. The van der Waals surface area contributed by atoms with E-state index in [-0.39, 0.29) is 34.9 Å². The minimum Gasteiger partial charge on any atom is -0.379 e. The summed E-state index contributed by atoms with van der Waals surface area (Å²) in [6.07, 6.45) is 0. The quantitative estimate of drug-likeness (QED) is 0.360. The number of thiophene rings is 1. The average molecular weight is 543 g/mol. The van der Waals surface area contributed by atoms with Crippen LogP contribution in [0.4, 0.5) is 0 Å². The molecule has 0 radical (unpaired) electrons. The highest BCUT2D eigenvalue weighted by Gasteiger charge is 2.53. The first-order valence-corrected chi connectivity index (χ1v) is 11.5. The van der Waals surface area contributed by atoms with Gasteiger partial charge >= 0.3 is 0 Å². The van der Waals surface area contributed by atoms with Crippen LogP contribution >= 0.6 is 35.3 Å². The van der Waals surface area contributed by atoms with Gasteiger partial charge in [0.05, 0.1) is 19.8 Å². The monoisotopic (exact) mass is 542 g/mol. The van der Waals surface area contributed by atoms with Crippen molar-refractivity contribution in [2.45, 2.75) is 44.0 Å². The summed E-state index contributed by atoms with van der Waals surface area (Å²) in [6.45, 7) is 12.2. The summed E-state index contributed by atoms with van der Waals surface area (Å²) < 4.78 is 32.6. The van der Waals surface area contributed by atoms with Crippen molar-refractivity contribution in [3.63, 3.8) is 0 Å². The standard InChI is InChI=1S/C18H30N4O3S2.HI/c1-17(2)13-22(18(17,3)4)16(19-5)20-12-14-6-7-15(26-14)27(23,24)21-8-10-25-11-9-21;/h6-7H,8-13H2,1-5H3,(H,19,20);1H. The van der Waals surface area contributed by atoms with E-state index in [1.807, 2.05) is 6.07 Å². The first-order chi connectivity index (χ1) is 12.6. The highest BCUT2D eigenvalue weighted by atomic mass is 127. The SMILES string of the molecule is CN=C(NCc1ccc(S(=O)(=O)N2CCOCC2)s1)N1CC(C)(C)C1(C)C.I. The molecule has 0 bridgehead atoms. The number of hydrogen-bond acceptors (Lipinski definition) is 5. The molecule has 2 aliphatic heterocycles. The maximum atomic E-state index is 12.7. The number of guanidine groups is 1. The average Bonchev–Trinajstić information content (AvgIpc) is 3.12. The third-order valence-corrected chi connectivity index (χ3v) is 9.43. The van der Waals surface area contributed by atoms with E-state index in [1.165, 1.54) is 15.6 Å². The van der Waals surface area contributed by atoms with Crippen LogP contribution in [0.5, 0.6) is 0 Å². The predicted molar refractivity (Wildman–Crippen MR) is 124 cm³/mol. The van der Waals surface area contributed by atoms with Crippen LogP contribution in [-0.2, 0) is 21.3 Å². The van der Waals surface area contributed by atoms with E-state index < -0.39 is 10.0 Å². The Kier molecular flexibility index (Phi) is 7.45. The Bertz CT molecular complexity index is 815. The molecule has 0 atom stereocenters. The zero-order chi connectivity index (χ0) is 19.9. The van der Waals surface area contributed by atoms with Gasteiger partial charge in [0.15, 0.2) is 5.96 Å². The van der Waals surface area contributed by atoms with Crippen LogP contribution in [0.1, 0.15) is 32.6 Å². The van der Waals surface area contributed by atoms with Gasteiger partial charge in [-0.2, -0.15) is 4.31 Å². The first-order valence-electron chi connectivity index (χ1n) is 9.24. The maximum Gasteiger partial charge on any atom is 0.252 e. The van der Waals surface area contributed by atoms with Crippen LogP contribution in [0.15, 0.2) is 21.3 Å². The Balaban J connectivity index is 0.00000280. The number of aliphatic imine (C=N–C) groups is 1. The van der Waals surface area contributed by atoms with E-state index >= 15 is 0 Å². The summed E-state index contributed by atoms with van der Waals surface area (Å²) in [7, 11) is -1.64. The summed E-state index contributed by atoms with van der Waals surface area (Å²) in [4.78, 5) is 7.65. The van der Waals surface area contributed by atoms with Gasteiger partial charge in [0.1, 0.15) is 4.21 Å². The highest BCUT2D eigenvalue weighted by Crippen LogP contribution is 2.46. The maximum absolute atomic E-state index is 12.7. The Morgan fingerprint density at radius 2 is 1.89 bits per heavy atom. The van der Waals surface area contributed by atoms with Crippen LogP contribution in [0.25, 0.3) is 0 Å². The fourth-order valence-corrected chi connectivity index (χ4v) is 6.23. The zero-order valence-corrected chi connectivity index (χ0v) is 21.2. The molecule has 7 nitrogen and oxygen atoms in total. The van der Waals surface area contributed by atoms with E-state index in [4.69, 9.17) is 4.74 Å². The summed E-state index contributed by atoms with van der Waals surface area (Å²) in [6, 6.07) is 3.58. The van der Waals surface area contributed by atoms with Crippen molar-refractivity contribution in [1.82, 2.24) is 14.5 Å². The lowest BCUT2D eigenvalue weighted by Crippen LogP contribution is -2.72. The number of nitrogens with one attached hydrogen (secondary N) is 1. The Labute approximate surface area is 189 Å². The van der Waals surface area contributed by atoms with Crippen LogP contribution in [-0.4, -0.2) is 69.0 Å². The van der Waals surface area contributed by atoms with Crippen molar-refractivity contribution in [1.29, 1.82) is 0 Å². The molecule has 2 aliphatic rings. The zero-order valence-electron chi connectivity index (χ0n) is 17.2. The molecule has 0 aliphatic carbocycles. The molecule has 0 unspecified atom stereocenters. The number of morpholine rings is 1. The lowest BCUT2D eigenvalue weighted by Gasteiger charge is -2.62. The third kappa shape index (κ3) is 4.35. The number of ether oxygens (including phenoxy) is 1. The van der Waals surface area contributed by atoms with Crippen molar-refractivity contribution >= 4 is 51.3 Å². The Morgan fingerprint density at radius 3 is 2.43 bits per heavy atom. The fourth-order valence-electron chi connectivity index (χ4n) is 3.37. The lowest BCUT2D eigenvalue weighted by molar-refractivity contribution is -0.0667. The number of hydrogen-bond donors (Lipinski definition) is 1. The normalized spacial score (nSPS) is 22.3. The minimum atomic E-state index is -3.43. The number of rotatable bonds is 4. The van der Waals surface area contributed by atoms with Gasteiger partial charge in [0.2, 0.25) is 0 Å². The van der Waals surface area contributed by atoms with Crippen molar-refractivity contribution in [3.8, 4) is 0 Å². The van der Waals surface area contributed by atoms with Crippen LogP contribution in [0, 0.1) is 5.41 Å². The molecule has 3 rings (SSSR count). The molecule has 0 amide bonds. The fraction of sp³-hybridized carbons (Fsp3) is 0.722. The predicted octanol–water partition coefficient (Wildman–Crippen LogP) is 2.58. The molecule has 160 valence electrons. The van der Waals surface area contributed by atoms with Gasteiger partial charge in [-0.1, -0.05) is 13.8 Å². The van der Waals surface area contributed by atoms with Crippen molar-refractivity contribution in [2.24, 2.45) is 10.4 Å². The molecule has 0 spiro atoms. The van der Waals surface area contributed by atoms with Gasteiger partial charge in [-0.25, -0.2) is 8.42 Å². The van der Waals surface area contributed by atoms with E-state index in [2.05, 4.69) is 42.9 Å². The first kappa shape index (κ1) is 23.8. The second-order valence-electron chi connectivity index (χ2n) is 8.17. The molecular weight excluding hydrogens is 511 g/mol. The molecule has 1 aromatic heterocycles. The van der Waals surface area contributed by atoms with Crippen LogP contribution in [0.2, 0.25) is 0 Å². The molecular formula is C18H31IN4O3S2. The molecule has 28 heavy (non-hydrogen) atoms. The van der Waals surface area contributed by atoms with E-state index in [0.717, 1.165) is 17.4 Å². The van der Waals surface area contributed by atoms with Crippen LogP contribution in [0.3, 0.4) is 0 Å². The van der Waals surface area contributed by atoms with Crippen LogP contribution < -0.4 is 5.32 Å². The summed E-state index contributed by atoms with van der Waals surface area (Å²) in [5.41, 5.74) is 0.252. The summed E-state index contributed by atoms with van der Waals surface area (Å²) in [5.74, 6) is 0.852. The number of sulfonamides is 1. The number of halogens is 1. The molecule has 0 saturated carbocycles. The summed E-state index contributed by atoms with van der Waals surface area (Å²) >= 11 is 1.32. The minimum absolute atomic E-state index is 0. The second kappa shape index (κ2) is 8.75. The molecule has 2 saturated heterocycles. The van der Waals surface area contributed by atoms with Crippen molar-refractivity contribution in [2.75, 3.05) is 39.9 Å². The van der Waals surface area contributed by atoms with Gasteiger partial charge < -0.3 is 15.0 Å². The third-order valence-electron chi connectivity index (χ3n) is 5.97. The summed E-state index contributed by atoms with van der Waals surface area (Å²) in [5, 5.41) is 3.38. The Hall–Kier alpha value is -0.430.